The largest absolute Gasteiger partial charge is 0.350 e. The maximum absolute atomic E-state index is 2.39. The minimum absolute atomic E-state index is 1.23. The van der Waals surface area contributed by atoms with Gasteiger partial charge in [-0.2, -0.15) is 0 Å². The van der Waals surface area contributed by atoms with E-state index in [1.165, 1.54) is 77.3 Å². The van der Waals surface area contributed by atoms with Gasteiger partial charge in [-0.25, -0.2) is 0 Å². The Labute approximate surface area is 232 Å². The summed E-state index contributed by atoms with van der Waals surface area (Å²) in [7, 11) is 8.72. The van der Waals surface area contributed by atoms with Gasteiger partial charge in [-0.1, -0.05) is 72.8 Å². The van der Waals surface area contributed by atoms with Crippen LogP contribution in [0.15, 0.2) is 109 Å². The second-order valence-corrected chi connectivity index (χ2v) is 10.9. The van der Waals surface area contributed by atoms with Crippen molar-refractivity contribution in [3.63, 3.8) is 0 Å². The first-order chi connectivity index (χ1) is 19.5. The molecule has 8 rings (SSSR count). The van der Waals surface area contributed by atoms with E-state index in [1.807, 2.05) is 0 Å². The van der Waals surface area contributed by atoms with E-state index in [2.05, 4.69) is 156 Å². The van der Waals surface area contributed by atoms with Crippen molar-refractivity contribution in [2.45, 2.75) is 0 Å². The quantitative estimate of drug-likeness (QED) is 0.223. The lowest BCUT2D eigenvalue weighted by Crippen LogP contribution is -1.95. The van der Waals surface area contributed by atoms with Gasteiger partial charge in [-0.3, -0.25) is 0 Å². The predicted molar refractivity (Wildman–Crippen MR) is 169 cm³/mol. The summed E-state index contributed by atoms with van der Waals surface area (Å²) in [5.74, 6) is 0. The Balaban J connectivity index is 1.59. The van der Waals surface area contributed by atoms with Crippen LogP contribution in [0.25, 0.3) is 77.3 Å². The minimum atomic E-state index is 1.23. The summed E-state index contributed by atoms with van der Waals surface area (Å²) in [6.45, 7) is 0. The van der Waals surface area contributed by atoms with Crippen molar-refractivity contribution in [1.82, 2.24) is 18.3 Å². The summed E-state index contributed by atoms with van der Waals surface area (Å²) in [6.07, 6.45) is 4.59. The predicted octanol–water partition coefficient (Wildman–Crippen LogP) is 8.65. The SMILES string of the molecule is Cn1cc(-c2c(-c3c(-c4cn(C)c5ccccc45)n(C)c4ccccc34)c3ccccc3n2C)c2ccccc21. The second kappa shape index (κ2) is 8.27. The molecule has 0 aliphatic rings. The number of hydrogen-bond donors (Lipinski definition) is 0. The first kappa shape index (κ1) is 23.0. The monoisotopic (exact) mass is 518 g/mol. The fraction of sp³-hybridized carbons (Fsp3) is 0.111. The summed E-state index contributed by atoms with van der Waals surface area (Å²) in [5.41, 5.74) is 12.5. The Bertz CT molecular complexity index is 2100. The number of aromatic nitrogens is 4. The van der Waals surface area contributed by atoms with Crippen LogP contribution in [0.4, 0.5) is 0 Å². The molecular weight excluding hydrogens is 488 g/mol. The number of aryl methyl sites for hydroxylation is 4. The van der Waals surface area contributed by atoms with Crippen molar-refractivity contribution >= 4 is 43.6 Å². The summed E-state index contributed by atoms with van der Waals surface area (Å²) in [6, 6.07) is 35.2. The summed E-state index contributed by atoms with van der Waals surface area (Å²) >= 11 is 0. The molecule has 0 fully saturated rings. The van der Waals surface area contributed by atoms with Crippen molar-refractivity contribution in [3.05, 3.63) is 109 Å². The van der Waals surface area contributed by atoms with Gasteiger partial charge in [0.05, 0.1) is 11.4 Å². The first-order valence-corrected chi connectivity index (χ1v) is 13.8. The van der Waals surface area contributed by atoms with E-state index in [1.54, 1.807) is 0 Å². The van der Waals surface area contributed by atoms with E-state index in [9.17, 15) is 0 Å². The molecule has 40 heavy (non-hydrogen) atoms. The van der Waals surface area contributed by atoms with Crippen LogP contribution in [0.5, 0.6) is 0 Å². The average molecular weight is 519 g/mol. The molecule has 0 spiro atoms. The van der Waals surface area contributed by atoms with Gasteiger partial charge >= 0.3 is 0 Å². The Morgan fingerprint density at radius 3 is 1.10 bits per heavy atom. The molecule has 4 aromatic carbocycles. The maximum Gasteiger partial charge on any atom is 0.0591 e. The van der Waals surface area contributed by atoms with Crippen LogP contribution >= 0.6 is 0 Å². The van der Waals surface area contributed by atoms with Gasteiger partial charge in [-0.05, 0) is 24.3 Å². The molecular formula is C36H30N4. The summed E-state index contributed by atoms with van der Waals surface area (Å²) in [5, 5.41) is 5.07. The zero-order valence-corrected chi connectivity index (χ0v) is 23.2. The van der Waals surface area contributed by atoms with Crippen LogP contribution in [0.1, 0.15) is 0 Å². The minimum Gasteiger partial charge on any atom is -0.350 e. The van der Waals surface area contributed by atoms with Crippen LogP contribution in [0, 0.1) is 0 Å². The van der Waals surface area contributed by atoms with Crippen LogP contribution < -0.4 is 0 Å². The topological polar surface area (TPSA) is 19.7 Å². The van der Waals surface area contributed by atoms with Gasteiger partial charge in [0.15, 0.2) is 0 Å². The molecule has 4 aromatic heterocycles. The second-order valence-electron chi connectivity index (χ2n) is 10.9. The highest BCUT2D eigenvalue weighted by atomic mass is 15.0. The van der Waals surface area contributed by atoms with Crippen LogP contribution in [-0.2, 0) is 28.2 Å². The fourth-order valence-corrected chi connectivity index (χ4v) is 6.98. The molecule has 0 atom stereocenters. The van der Waals surface area contributed by atoms with Crippen LogP contribution in [0.2, 0.25) is 0 Å². The van der Waals surface area contributed by atoms with Gasteiger partial charge < -0.3 is 18.3 Å². The van der Waals surface area contributed by atoms with Crippen molar-refractivity contribution in [2.75, 3.05) is 0 Å². The van der Waals surface area contributed by atoms with E-state index in [4.69, 9.17) is 0 Å². The van der Waals surface area contributed by atoms with Gasteiger partial charge in [0.2, 0.25) is 0 Å². The molecule has 194 valence electrons. The van der Waals surface area contributed by atoms with Gasteiger partial charge in [0, 0.05) is 106 Å². The Hall–Kier alpha value is -4.96. The molecule has 0 aliphatic carbocycles. The molecule has 4 heteroatoms. The molecule has 0 saturated carbocycles. The Kier molecular flexibility index (Phi) is 4.75. The number of hydrogen-bond acceptors (Lipinski definition) is 0. The van der Waals surface area contributed by atoms with E-state index in [0.29, 0.717) is 0 Å². The number of fused-ring (bicyclic) bond motifs is 4. The summed E-state index contributed by atoms with van der Waals surface area (Å²) in [4.78, 5) is 0. The third kappa shape index (κ3) is 2.96. The third-order valence-corrected chi connectivity index (χ3v) is 8.77. The van der Waals surface area contributed by atoms with E-state index in [0.717, 1.165) is 0 Å². The van der Waals surface area contributed by atoms with Crippen molar-refractivity contribution in [2.24, 2.45) is 28.2 Å². The molecule has 8 aromatic rings. The standard InChI is InChI=1S/C36H30N4/c1-37-21-27(23-13-5-9-17-29(23)37)35-33(25-15-7-11-19-31(25)39(35)3)34-26-16-8-12-20-32(26)40(4)36(34)28-22-38(2)30-18-10-6-14-24(28)30/h5-22H,1-4H3. The lowest BCUT2D eigenvalue weighted by Gasteiger charge is -2.11. The van der Waals surface area contributed by atoms with Gasteiger partial charge in [0.1, 0.15) is 0 Å². The number of benzene rings is 4. The highest BCUT2D eigenvalue weighted by molar-refractivity contribution is 6.18. The van der Waals surface area contributed by atoms with Gasteiger partial charge in [0.25, 0.3) is 0 Å². The summed E-state index contributed by atoms with van der Waals surface area (Å²) < 4.78 is 9.28. The normalized spacial score (nSPS) is 12.0. The lowest BCUT2D eigenvalue weighted by atomic mass is 9.93. The molecule has 0 bridgehead atoms. The highest BCUT2D eigenvalue weighted by Crippen LogP contribution is 2.50. The van der Waals surface area contributed by atoms with Crippen molar-refractivity contribution < 1.29 is 0 Å². The average Bonchev–Trinajstić information content (AvgIpc) is 3.68. The van der Waals surface area contributed by atoms with Crippen LogP contribution in [-0.4, -0.2) is 18.3 Å². The van der Waals surface area contributed by atoms with Gasteiger partial charge in [-0.15, -0.1) is 0 Å². The molecule has 4 nitrogen and oxygen atoms in total. The molecule has 0 aliphatic heterocycles. The molecule has 4 heterocycles. The first-order valence-electron chi connectivity index (χ1n) is 13.8. The van der Waals surface area contributed by atoms with Crippen molar-refractivity contribution in [3.8, 4) is 33.6 Å². The fourth-order valence-electron chi connectivity index (χ4n) is 6.98. The maximum atomic E-state index is 2.39. The molecule has 0 radical (unpaired) electrons. The van der Waals surface area contributed by atoms with E-state index in [-0.39, 0.29) is 0 Å². The smallest absolute Gasteiger partial charge is 0.0591 e. The highest BCUT2D eigenvalue weighted by Gasteiger charge is 2.28. The molecule has 0 N–H and O–H groups in total. The Morgan fingerprint density at radius 1 is 0.375 bits per heavy atom. The van der Waals surface area contributed by atoms with Crippen molar-refractivity contribution in [1.29, 1.82) is 0 Å². The van der Waals surface area contributed by atoms with Crippen LogP contribution in [0.3, 0.4) is 0 Å². The molecule has 0 saturated heterocycles. The number of rotatable bonds is 3. The molecule has 0 amide bonds. The Morgan fingerprint density at radius 2 is 0.700 bits per heavy atom. The molecule has 0 unspecified atom stereocenters. The third-order valence-electron chi connectivity index (χ3n) is 8.77. The van der Waals surface area contributed by atoms with E-state index >= 15 is 0 Å². The van der Waals surface area contributed by atoms with E-state index < -0.39 is 0 Å². The zero-order valence-electron chi connectivity index (χ0n) is 23.2. The lowest BCUT2D eigenvalue weighted by molar-refractivity contribution is 0.955. The number of nitrogens with zero attached hydrogens (tertiary/aromatic N) is 4. The number of para-hydroxylation sites is 4. The zero-order chi connectivity index (χ0) is 27.1.